The minimum absolute atomic E-state index is 0.0508. The topological polar surface area (TPSA) is 46.2 Å². The van der Waals surface area contributed by atoms with Gasteiger partial charge >= 0.3 is 0 Å². The fourth-order valence-electron chi connectivity index (χ4n) is 1.66. The third kappa shape index (κ3) is 1.60. The van der Waals surface area contributed by atoms with Crippen molar-refractivity contribution in [2.45, 2.75) is 6.92 Å². The van der Waals surface area contributed by atoms with Crippen LogP contribution in [0.1, 0.15) is 5.56 Å². The van der Waals surface area contributed by atoms with Gasteiger partial charge in [0.1, 0.15) is 0 Å². The molecule has 0 atom stereocenters. The van der Waals surface area contributed by atoms with Crippen molar-refractivity contribution < 1.29 is 9.50 Å². The molecule has 0 spiro atoms. The van der Waals surface area contributed by atoms with Crippen molar-refractivity contribution in [3.63, 3.8) is 0 Å². The Kier molecular flexibility index (Phi) is 2.52. The molecule has 82 valence electrons. The average Bonchev–Trinajstić information content (AvgIpc) is 2.28. The van der Waals surface area contributed by atoms with Crippen LogP contribution >= 0.6 is 0 Å². The number of benzene rings is 2. The standard InChI is InChI=1S/C13H12FNO/c1-8-4-2-3-5-9(8)10-6-7-11(15)13(16)12(10)14/h2-7,16H,15H2,1H3. The summed E-state index contributed by atoms with van der Waals surface area (Å²) in [7, 11) is 0. The van der Waals surface area contributed by atoms with Gasteiger partial charge in [-0.15, -0.1) is 0 Å². The number of anilines is 1. The number of halogens is 1. The molecule has 0 aromatic heterocycles. The molecule has 0 heterocycles. The summed E-state index contributed by atoms with van der Waals surface area (Å²) in [5.74, 6) is -1.16. The number of hydrogen-bond donors (Lipinski definition) is 2. The maximum atomic E-state index is 13.8. The molecule has 0 aliphatic rings. The van der Waals surface area contributed by atoms with E-state index in [2.05, 4.69) is 0 Å². The van der Waals surface area contributed by atoms with Crippen LogP contribution in [0.2, 0.25) is 0 Å². The predicted molar refractivity (Wildman–Crippen MR) is 62.7 cm³/mol. The minimum Gasteiger partial charge on any atom is -0.503 e. The molecule has 2 aromatic rings. The number of aryl methyl sites for hydroxylation is 1. The van der Waals surface area contributed by atoms with E-state index in [0.29, 0.717) is 5.56 Å². The SMILES string of the molecule is Cc1ccccc1-c1ccc(N)c(O)c1F. The van der Waals surface area contributed by atoms with Gasteiger partial charge in [0.05, 0.1) is 5.69 Å². The Bertz CT molecular complexity index is 537. The largest absolute Gasteiger partial charge is 0.503 e. The molecule has 2 rings (SSSR count). The van der Waals surface area contributed by atoms with E-state index in [0.717, 1.165) is 11.1 Å². The van der Waals surface area contributed by atoms with E-state index in [-0.39, 0.29) is 5.69 Å². The second-order valence-corrected chi connectivity index (χ2v) is 3.68. The van der Waals surface area contributed by atoms with Gasteiger partial charge in [0.15, 0.2) is 11.6 Å². The molecule has 0 saturated heterocycles. The van der Waals surface area contributed by atoms with Crippen molar-refractivity contribution in [3.8, 4) is 16.9 Å². The first kappa shape index (κ1) is 10.5. The van der Waals surface area contributed by atoms with Gasteiger partial charge in [-0.25, -0.2) is 4.39 Å². The number of hydrogen-bond acceptors (Lipinski definition) is 2. The van der Waals surface area contributed by atoms with E-state index in [1.807, 2.05) is 31.2 Å². The van der Waals surface area contributed by atoms with E-state index in [1.54, 1.807) is 6.07 Å². The number of phenols is 1. The monoisotopic (exact) mass is 217 g/mol. The molecule has 0 saturated carbocycles. The second kappa shape index (κ2) is 3.85. The molecule has 2 aromatic carbocycles. The van der Waals surface area contributed by atoms with Gasteiger partial charge in [-0.05, 0) is 30.2 Å². The first-order valence-electron chi connectivity index (χ1n) is 4.94. The Labute approximate surface area is 93.2 Å². The first-order valence-corrected chi connectivity index (χ1v) is 4.94. The van der Waals surface area contributed by atoms with E-state index in [4.69, 9.17) is 5.73 Å². The number of phenolic OH excluding ortho intramolecular Hbond substituents is 1. The van der Waals surface area contributed by atoms with Crippen LogP contribution in [0.5, 0.6) is 5.75 Å². The van der Waals surface area contributed by atoms with Crippen LogP contribution in [0.3, 0.4) is 0 Å². The van der Waals surface area contributed by atoms with Crippen LogP contribution in [0.4, 0.5) is 10.1 Å². The highest BCUT2D eigenvalue weighted by Gasteiger charge is 2.13. The lowest BCUT2D eigenvalue weighted by molar-refractivity contribution is 0.436. The first-order chi connectivity index (χ1) is 7.61. The summed E-state index contributed by atoms with van der Waals surface area (Å²) < 4.78 is 13.8. The zero-order valence-corrected chi connectivity index (χ0v) is 8.87. The van der Waals surface area contributed by atoms with E-state index < -0.39 is 11.6 Å². The van der Waals surface area contributed by atoms with Crippen molar-refractivity contribution in [1.82, 2.24) is 0 Å². The Hall–Kier alpha value is -2.03. The van der Waals surface area contributed by atoms with Crippen molar-refractivity contribution in [3.05, 3.63) is 47.8 Å². The Morgan fingerprint density at radius 3 is 2.44 bits per heavy atom. The van der Waals surface area contributed by atoms with Crippen LogP contribution in [-0.2, 0) is 0 Å². The average molecular weight is 217 g/mol. The highest BCUT2D eigenvalue weighted by molar-refractivity contribution is 5.72. The van der Waals surface area contributed by atoms with Crippen LogP contribution in [0, 0.1) is 12.7 Å². The molecule has 0 fully saturated rings. The zero-order chi connectivity index (χ0) is 11.7. The van der Waals surface area contributed by atoms with Gasteiger partial charge in [0.2, 0.25) is 0 Å². The fraction of sp³-hybridized carbons (Fsp3) is 0.0769. The quantitative estimate of drug-likeness (QED) is 0.569. The fourth-order valence-corrected chi connectivity index (χ4v) is 1.66. The Balaban J connectivity index is 2.66. The molecule has 0 aliphatic heterocycles. The summed E-state index contributed by atoms with van der Waals surface area (Å²) in [4.78, 5) is 0. The van der Waals surface area contributed by atoms with Crippen LogP contribution in [0.25, 0.3) is 11.1 Å². The molecule has 0 unspecified atom stereocenters. The summed E-state index contributed by atoms with van der Waals surface area (Å²) >= 11 is 0. The van der Waals surface area contributed by atoms with Gasteiger partial charge in [0, 0.05) is 5.56 Å². The van der Waals surface area contributed by atoms with Gasteiger partial charge in [0.25, 0.3) is 0 Å². The molecule has 2 nitrogen and oxygen atoms in total. The summed E-state index contributed by atoms with van der Waals surface area (Å²) in [6.45, 7) is 1.89. The van der Waals surface area contributed by atoms with Gasteiger partial charge < -0.3 is 10.8 Å². The summed E-state index contributed by atoms with van der Waals surface area (Å²) in [5.41, 5.74) is 7.54. The third-order valence-electron chi connectivity index (χ3n) is 2.58. The number of nitrogens with two attached hydrogens (primary N) is 1. The normalized spacial score (nSPS) is 10.4. The van der Waals surface area contributed by atoms with Gasteiger partial charge in [-0.1, -0.05) is 24.3 Å². The van der Waals surface area contributed by atoms with Crippen LogP contribution < -0.4 is 5.73 Å². The molecule has 3 N–H and O–H groups in total. The van der Waals surface area contributed by atoms with E-state index in [1.165, 1.54) is 6.07 Å². The van der Waals surface area contributed by atoms with Crippen molar-refractivity contribution >= 4 is 5.69 Å². The van der Waals surface area contributed by atoms with E-state index >= 15 is 0 Å². The number of nitrogen functional groups attached to an aromatic ring is 1. The highest BCUT2D eigenvalue weighted by Crippen LogP contribution is 2.33. The van der Waals surface area contributed by atoms with Crippen LogP contribution in [-0.4, -0.2) is 5.11 Å². The molecular formula is C13H12FNO. The summed E-state index contributed by atoms with van der Waals surface area (Å²) in [5, 5.41) is 9.44. The molecule has 0 aliphatic carbocycles. The van der Waals surface area contributed by atoms with Gasteiger partial charge in [-0.2, -0.15) is 0 Å². The number of rotatable bonds is 1. The Morgan fingerprint density at radius 1 is 1.06 bits per heavy atom. The zero-order valence-electron chi connectivity index (χ0n) is 8.87. The lowest BCUT2D eigenvalue weighted by Gasteiger charge is -2.09. The highest BCUT2D eigenvalue weighted by atomic mass is 19.1. The predicted octanol–water partition coefficient (Wildman–Crippen LogP) is 3.09. The lowest BCUT2D eigenvalue weighted by Crippen LogP contribution is -1.92. The van der Waals surface area contributed by atoms with Crippen molar-refractivity contribution in [1.29, 1.82) is 0 Å². The molecule has 0 radical (unpaired) electrons. The maximum Gasteiger partial charge on any atom is 0.175 e. The van der Waals surface area contributed by atoms with Crippen LogP contribution in [0.15, 0.2) is 36.4 Å². The lowest BCUT2D eigenvalue weighted by atomic mass is 9.99. The molecular weight excluding hydrogens is 205 g/mol. The minimum atomic E-state index is -0.672. The van der Waals surface area contributed by atoms with Gasteiger partial charge in [-0.3, -0.25) is 0 Å². The summed E-state index contributed by atoms with van der Waals surface area (Å²) in [6, 6.07) is 10.5. The maximum absolute atomic E-state index is 13.8. The van der Waals surface area contributed by atoms with E-state index in [9.17, 15) is 9.50 Å². The number of aromatic hydroxyl groups is 1. The smallest absolute Gasteiger partial charge is 0.175 e. The molecule has 3 heteroatoms. The molecule has 16 heavy (non-hydrogen) atoms. The third-order valence-corrected chi connectivity index (χ3v) is 2.58. The summed E-state index contributed by atoms with van der Waals surface area (Å²) in [6.07, 6.45) is 0. The second-order valence-electron chi connectivity index (χ2n) is 3.68. The van der Waals surface area contributed by atoms with Crippen molar-refractivity contribution in [2.24, 2.45) is 0 Å². The van der Waals surface area contributed by atoms with Crippen molar-refractivity contribution in [2.75, 3.05) is 5.73 Å². The molecule has 0 bridgehead atoms. The Morgan fingerprint density at radius 2 is 1.75 bits per heavy atom. The molecule has 0 amide bonds.